The highest BCUT2D eigenvalue weighted by Crippen LogP contribution is 2.21. The normalized spacial score (nSPS) is 18.3. The van der Waals surface area contributed by atoms with Crippen molar-refractivity contribution < 1.29 is 17.8 Å². The molecule has 0 aromatic heterocycles. The van der Waals surface area contributed by atoms with Crippen LogP contribution in [0.1, 0.15) is 5.56 Å². The molecule has 10 heteroatoms. The first kappa shape index (κ1) is 16.4. The Balaban J connectivity index is 1.95. The lowest BCUT2D eigenvalue weighted by Crippen LogP contribution is -2.65. The van der Waals surface area contributed by atoms with Crippen LogP contribution >= 0.6 is 35.4 Å². The Morgan fingerprint density at radius 2 is 2.14 bits per heavy atom. The zero-order valence-electron chi connectivity index (χ0n) is 10.4. The third-order valence-electron chi connectivity index (χ3n) is 2.86. The Morgan fingerprint density at radius 3 is 2.71 bits per heavy atom. The second-order valence-corrected chi connectivity index (χ2v) is 7.05. The number of amides is 1. The van der Waals surface area contributed by atoms with Gasteiger partial charge >= 0.3 is 10.3 Å². The molecule has 0 unspecified atom stereocenters. The highest BCUT2D eigenvalue weighted by Gasteiger charge is 2.43. The molecule has 0 aliphatic carbocycles. The van der Waals surface area contributed by atoms with Crippen molar-refractivity contribution in [2.24, 2.45) is 0 Å². The number of carbonyl (C=O) groups excluding carboxylic acids is 1. The summed E-state index contributed by atoms with van der Waals surface area (Å²) in [7, 11) is -4.49. The average Bonchev–Trinajstić information content (AvgIpc) is 2.36. The molecule has 1 fully saturated rings. The predicted octanol–water partition coefficient (Wildman–Crippen LogP) is 1.47. The summed E-state index contributed by atoms with van der Waals surface area (Å²) < 4.78 is 30.7. The number of benzene rings is 1. The van der Waals surface area contributed by atoms with Gasteiger partial charge in [-0.1, -0.05) is 35.4 Å². The van der Waals surface area contributed by atoms with Crippen LogP contribution in [0.25, 0.3) is 0 Å². The van der Waals surface area contributed by atoms with E-state index in [9.17, 15) is 13.2 Å². The second kappa shape index (κ2) is 6.05. The van der Waals surface area contributed by atoms with Crippen LogP contribution < -0.4 is 5.32 Å². The van der Waals surface area contributed by atoms with Crippen LogP contribution in [0.2, 0.25) is 10.0 Å². The topological polar surface area (TPSA) is 86.7 Å². The van der Waals surface area contributed by atoms with E-state index >= 15 is 0 Å². The molecule has 1 aromatic carbocycles. The summed E-state index contributed by atoms with van der Waals surface area (Å²) in [5.41, 5.74) is 0.695. The lowest BCUT2D eigenvalue weighted by Gasteiger charge is -2.35. The molecule has 1 aromatic rings. The molecule has 0 radical (unpaired) electrons. The molecular weight excluding hydrogens is 359 g/mol. The van der Waals surface area contributed by atoms with Crippen molar-refractivity contribution in [3.63, 3.8) is 0 Å². The van der Waals surface area contributed by atoms with Crippen molar-refractivity contribution in [1.82, 2.24) is 9.62 Å². The lowest BCUT2D eigenvalue weighted by molar-refractivity contribution is -0.136. The van der Waals surface area contributed by atoms with Crippen LogP contribution in [-0.4, -0.2) is 40.8 Å². The maximum absolute atomic E-state index is 11.5. The van der Waals surface area contributed by atoms with Crippen LogP contribution in [-0.2, 0) is 21.5 Å². The Labute approximate surface area is 136 Å². The van der Waals surface area contributed by atoms with Gasteiger partial charge in [-0.25, -0.2) is 4.31 Å². The number of hydrogen-bond donors (Lipinski definition) is 2. The molecule has 1 amide bonds. The number of carbonyl (C=O) groups is 1. The maximum atomic E-state index is 11.5. The first-order valence-electron chi connectivity index (χ1n) is 5.71. The van der Waals surface area contributed by atoms with Gasteiger partial charge in [-0.15, -0.1) is 0 Å². The van der Waals surface area contributed by atoms with E-state index in [0.29, 0.717) is 24.9 Å². The first-order valence-corrected chi connectivity index (χ1v) is 8.27. The number of thiocarbonyl (C=S) groups is 1. The van der Waals surface area contributed by atoms with Crippen molar-refractivity contribution in [2.45, 2.75) is 12.5 Å². The quantitative estimate of drug-likeness (QED) is 0.475. The van der Waals surface area contributed by atoms with Crippen molar-refractivity contribution in [1.29, 1.82) is 0 Å². The van der Waals surface area contributed by atoms with Crippen LogP contribution in [0.15, 0.2) is 18.2 Å². The minimum absolute atomic E-state index is 0.166. The Kier molecular flexibility index (Phi) is 4.74. The largest absolute Gasteiger partial charge is 0.366 e. The molecule has 1 heterocycles. The molecule has 0 saturated carbocycles. The van der Waals surface area contributed by atoms with Gasteiger partial charge in [-0.3, -0.25) is 9.35 Å². The SMILES string of the molecule is O=C1[C@@H](NC(=S)Cc2cc(Cl)ccc2Cl)CN1S(=O)(=O)O. The van der Waals surface area contributed by atoms with Crippen LogP contribution in [0.4, 0.5) is 0 Å². The summed E-state index contributed by atoms with van der Waals surface area (Å²) in [6, 6.07) is 4.17. The molecule has 0 bridgehead atoms. The first-order chi connectivity index (χ1) is 9.68. The molecule has 114 valence electrons. The van der Waals surface area contributed by atoms with E-state index in [-0.39, 0.29) is 13.0 Å². The van der Waals surface area contributed by atoms with Crippen LogP contribution in [0.5, 0.6) is 0 Å². The number of nitrogens with one attached hydrogen (secondary N) is 1. The van der Waals surface area contributed by atoms with E-state index < -0.39 is 22.3 Å². The lowest BCUT2D eigenvalue weighted by atomic mass is 10.1. The summed E-state index contributed by atoms with van der Waals surface area (Å²) in [6.07, 6.45) is 0.268. The van der Waals surface area contributed by atoms with E-state index in [1.807, 2.05) is 0 Å². The molecule has 2 rings (SSSR count). The zero-order valence-corrected chi connectivity index (χ0v) is 13.6. The number of β-lactam (4-membered cyclic amide) rings is 1. The summed E-state index contributed by atoms with van der Waals surface area (Å²) in [5, 5.41) is 3.72. The highest BCUT2D eigenvalue weighted by molar-refractivity contribution is 7.84. The molecule has 1 aliphatic rings. The van der Waals surface area contributed by atoms with E-state index in [1.54, 1.807) is 18.2 Å². The molecule has 1 saturated heterocycles. The van der Waals surface area contributed by atoms with E-state index in [1.165, 1.54) is 0 Å². The predicted molar refractivity (Wildman–Crippen MR) is 82.9 cm³/mol. The van der Waals surface area contributed by atoms with Crippen molar-refractivity contribution in [3.05, 3.63) is 33.8 Å². The molecule has 2 N–H and O–H groups in total. The summed E-state index contributed by atoms with van der Waals surface area (Å²) in [6.45, 7) is -0.166. The molecule has 6 nitrogen and oxygen atoms in total. The minimum atomic E-state index is -4.49. The van der Waals surface area contributed by atoms with Crippen molar-refractivity contribution >= 4 is 56.6 Å². The van der Waals surface area contributed by atoms with Crippen LogP contribution in [0.3, 0.4) is 0 Å². The fourth-order valence-corrected chi connectivity index (χ4v) is 3.18. The van der Waals surface area contributed by atoms with Gasteiger partial charge in [0.05, 0.1) is 11.5 Å². The van der Waals surface area contributed by atoms with Gasteiger partial charge in [-0.05, 0) is 23.8 Å². The number of hydrogen-bond acceptors (Lipinski definition) is 4. The van der Waals surface area contributed by atoms with Crippen molar-refractivity contribution in [2.75, 3.05) is 6.54 Å². The molecule has 0 spiro atoms. The Hall–Kier alpha value is -0.930. The van der Waals surface area contributed by atoms with Gasteiger partial charge in [0.25, 0.3) is 5.91 Å². The van der Waals surface area contributed by atoms with Gasteiger partial charge in [-0.2, -0.15) is 8.42 Å². The second-order valence-electron chi connectivity index (χ2n) is 4.38. The summed E-state index contributed by atoms with van der Waals surface area (Å²) in [5.74, 6) is -0.753. The van der Waals surface area contributed by atoms with E-state index in [0.717, 1.165) is 0 Å². The number of nitrogens with zero attached hydrogens (tertiary/aromatic N) is 1. The third kappa shape index (κ3) is 3.83. The fraction of sp³-hybridized carbons (Fsp3) is 0.273. The average molecular weight is 369 g/mol. The van der Waals surface area contributed by atoms with E-state index in [4.69, 9.17) is 40.0 Å². The monoisotopic (exact) mass is 368 g/mol. The maximum Gasteiger partial charge on any atom is 0.362 e. The fourth-order valence-electron chi connectivity index (χ4n) is 1.81. The Morgan fingerprint density at radius 1 is 1.48 bits per heavy atom. The Bertz CT molecular complexity index is 708. The third-order valence-corrected chi connectivity index (χ3v) is 4.62. The van der Waals surface area contributed by atoms with Gasteiger partial charge in [0.15, 0.2) is 0 Å². The van der Waals surface area contributed by atoms with Gasteiger partial charge in [0, 0.05) is 16.5 Å². The summed E-state index contributed by atoms with van der Waals surface area (Å²) >= 11 is 17.0. The summed E-state index contributed by atoms with van der Waals surface area (Å²) in [4.78, 5) is 11.9. The minimum Gasteiger partial charge on any atom is -0.366 e. The smallest absolute Gasteiger partial charge is 0.362 e. The van der Waals surface area contributed by atoms with Crippen LogP contribution in [0, 0.1) is 0 Å². The molecular formula is C11H10Cl2N2O4S2. The van der Waals surface area contributed by atoms with Gasteiger partial charge < -0.3 is 5.32 Å². The standard InChI is InChI=1S/C11H10Cl2N2O4S2/c12-7-1-2-8(13)6(3-7)4-10(20)14-9-5-15(11(9)16)21(17,18)19/h1-3,9H,4-5H2,(H,14,20)(H,17,18,19)/t9-/m0/s1. The van der Waals surface area contributed by atoms with Gasteiger partial charge in [0.2, 0.25) is 0 Å². The number of halogens is 2. The molecule has 1 atom stereocenters. The highest BCUT2D eigenvalue weighted by atomic mass is 35.5. The van der Waals surface area contributed by atoms with Crippen molar-refractivity contribution in [3.8, 4) is 0 Å². The molecule has 1 aliphatic heterocycles. The van der Waals surface area contributed by atoms with E-state index in [2.05, 4.69) is 5.32 Å². The molecule has 21 heavy (non-hydrogen) atoms. The zero-order chi connectivity index (χ0) is 15.8. The number of rotatable bonds is 4. The van der Waals surface area contributed by atoms with Gasteiger partial charge in [0.1, 0.15) is 6.04 Å².